The van der Waals surface area contributed by atoms with E-state index in [1.54, 1.807) is 11.3 Å². The van der Waals surface area contributed by atoms with Gasteiger partial charge in [0.05, 0.1) is 31.2 Å². The summed E-state index contributed by atoms with van der Waals surface area (Å²) >= 11 is 1.75. The van der Waals surface area contributed by atoms with Crippen molar-refractivity contribution in [2.24, 2.45) is 0 Å². The highest BCUT2D eigenvalue weighted by molar-refractivity contribution is 7.18. The molecule has 1 atom stereocenters. The van der Waals surface area contributed by atoms with Crippen LogP contribution < -0.4 is 4.90 Å². The SMILES string of the molecule is Cc1sc2nc(CN3CCOCC3)nc(N3CC[C@H](O)C3)c2c1C. The molecule has 2 aromatic heterocycles. The molecule has 2 aromatic rings. The Morgan fingerprint density at radius 2 is 2.00 bits per heavy atom. The summed E-state index contributed by atoms with van der Waals surface area (Å²) in [5.74, 6) is 1.88. The quantitative estimate of drug-likeness (QED) is 0.911. The van der Waals surface area contributed by atoms with Crippen molar-refractivity contribution in [2.45, 2.75) is 32.9 Å². The van der Waals surface area contributed by atoms with Crippen LogP contribution >= 0.6 is 11.3 Å². The van der Waals surface area contributed by atoms with Crippen LogP contribution in [0.3, 0.4) is 0 Å². The molecule has 0 amide bonds. The largest absolute Gasteiger partial charge is 0.391 e. The van der Waals surface area contributed by atoms with E-state index in [0.717, 1.165) is 67.7 Å². The maximum absolute atomic E-state index is 9.93. The van der Waals surface area contributed by atoms with Gasteiger partial charge in [0.15, 0.2) is 0 Å². The van der Waals surface area contributed by atoms with Gasteiger partial charge in [-0.2, -0.15) is 0 Å². The van der Waals surface area contributed by atoms with Gasteiger partial charge in [0.2, 0.25) is 0 Å². The molecule has 0 saturated carbocycles. The summed E-state index contributed by atoms with van der Waals surface area (Å²) in [5, 5.41) is 11.1. The number of aryl methyl sites for hydroxylation is 2. The third kappa shape index (κ3) is 3.01. The number of nitrogens with zero attached hydrogens (tertiary/aromatic N) is 4. The monoisotopic (exact) mass is 348 g/mol. The highest BCUT2D eigenvalue weighted by Gasteiger charge is 2.26. The van der Waals surface area contributed by atoms with Gasteiger partial charge in [-0.25, -0.2) is 9.97 Å². The van der Waals surface area contributed by atoms with Gasteiger partial charge < -0.3 is 14.7 Å². The van der Waals surface area contributed by atoms with Crippen molar-refractivity contribution in [3.63, 3.8) is 0 Å². The Kier molecular flexibility index (Phi) is 4.42. The predicted octanol–water partition coefficient (Wildman–Crippen LogP) is 1.71. The fourth-order valence-corrected chi connectivity index (χ4v) is 4.51. The molecule has 24 heavy (non-hydrogen) atoms. The van der Waals surface area contributed by atoms with Crippen LogP contribution in [-0.4, -0.2) is 65.5 Å². The minimum Gasteiger partial charge on any atom is -0.391 e. The maximum Gasteiger partial charge on any atom is 0.146 e. The summed E-state index contributed by atoms with van der Waals surface area (Å²) in [6.45, 7) is 10.0. The summed E-state index contributed by atoms with van der Waals surface area (Å²) in [6.07, 6.45) is 0.560. The predicted molar refractivity (Wildman–Crippen MR) is 95.8 cm³/mol. The Bertz CT molecular complexity index is 742. The van der Waals surface area contributed by atoms with Crippen LogP contribution in [0.5, 0.6) is 0 Å². The molecule has 0 aliphatic carbocycles. The Balaban J connectivity index is 1.72. The first-order valence-electron chi connectivity index (χ1n) is 8.61. The van der Waals surface area contributed by atoms with Crippen LogP contribution in [0.25, 0.3) is 10.2 Å². The summed E-state index contributed by atoms with van der Waals surface area (Å²) in [7, 11) is 0. The molecule has 2 saturated heterocycles. The molecule has 2 fully saturated rings. The number of hydrogen-bond donors (Lipinski definition) is 1. The highest BCUT2D eigenvalue weighted by Crippen LogP contribution is 2.36. The second-order valence-corrected chi connectivity index (χ2v) is 7.91. The van der Waals surface area contributed by atoms with Crippen molar-refractivity contribution in [1.82, 2.24) is 14.9 Å². The minimum atomic E-state index is -0.252. The van der Waals surface area contributed by atoms with E-state index in [0.29, 0.717) is 6.54 Å². The number of aromatic nitrogens is 2. The van der Waals surface area contributed by atoms with E-state index in [9.17, 15) is 5.11 Å². The van der Waals surface area contributed by atoms with Gasteiger partial charge in [-0.15, -0.1) is 11.3 Å². The zero-order valence-electron chi connectivity index (χ0n) is 14.3. The van der Waals surface area contributed by atoms with Gasteiger partial charge in [0.1, 0.15) is 16.5 Å². The number of fused-ring (bicyclic) bond motifs is 1. The third-order valence-electron chi connectivity index (χ3n) is 4.99. The molecule has 2 aliphatic heterocycles. The topological polar surface area (TPSA) is 61.7 Å². The standard InChI is InChI=1S/C17H24N4O2S/c1-11-12(2)24-17-15(11)16(21-4-3-13(22)9-21)18-14(19-17)10-20-5-7-23-8-6-20/h13,22H,3-10H2,1-2H3/t13-/m0/s1. The molecule has 0 unspecified atom stereocenters. The molecule has 0 aromatic carbocycles. The normalized spacial score (nSPS) is 22.6. The van der Waals surface area contributed by atoms with E-state index >= 15 is 0 Å². The van der Waals surface area contributed by atoms with Gasteiger partial charge >= 0.3 is 0 Å². The summed E-state index contributed by atoms with van der Waals surface area (Å²) < 4.78 is 5.43. The van der Waals surface area contributed by atoms with E-state index in [1.807, 2.05) is 0 Å². The molecule has 1 N–H and O–H groups in total. The molecule has 130 valence electrons. The first-order chi connectivity index (χ1) is 11.6. The van der Waals surface area contributed by atoms with E-state index < -0.39 is 0 Å². The van der Waals surface area contributed by atoms with Crippen LogP contribution in [0, 0.1) is 13.8 Å². The van der Waals surface area contributed by atoms with Crippen molar-refractivity contribution >= 4 is 27.4 Å². The van der Waals surface area contributed by atoms with Crippen LogP contribution in [0.4, 0.5) is 5.82 Å². The highest BCUT2D eigenvalue weighted by atomic mass is 32.1. The Hall–Kier alpha value is -1.28. The zero-order valence-corrected chi connectivity index (χ0v) is 15.1. The number of anilines is 1. The minimum absolute atomic E-state index is 0.252. The van der Waals surface area contributed by atoms with Crippen molar-refractivity contribution < 1.29 is 9.84 Å². The first kappa shape index (κ1) is 16.2. The van der Waals surface area contributed by atoms with Crippen molar-refractivity contribution in [2.75, 3.05) is 44.3 Å². The van der Waals surface area contributed by atoms with Crippen LogP contribution in [0.1, 0.15) is 22.7 Å². The summed E-state index contributed by atoms with van der Waals surface area (Å²) in [5.41, 5.74) is 1.27. The molecule has 2 aliphatic rings. The molecule has 0 spiro atoms. The fraction of sp³-hybridized carbons (Fsp3) is 0.647. The number of rotatable bonds is 3. The smallest absolute Gasteiger partial charge is 0.146 e. The molecule has 7 heteroatoms. The van der Waals surface area contributed by atoms with E-state index in [2.05, 4.69) is 23.6 Å². The van der Waals surface area contributed by atoms with E-state index in [1.165, 1.54) is 10.4 Å². The van der Waals surface area contributed by atoms with Crippen molar-refractivity contribution in [3.8, 4) is 0 Å². The van der Waals surface area contributed by atoms with Crippen LogP contribution in [0.15, 0.2) is 0 Å². The molecule has 0 bridgehead atoms. The fourth-order valence-electron chi connectivity index (χ4n) is 3.46. The van der Waals surface area contributed by atoms with E-state index in [4.69, 9.17) is 14.7 Å². The average molecular weight is 348 g/mol. The molecule has 4 heterocycles. The number of β-amino-alcohol motifs (C(OH)–C–C–N with tert-alkyl or cyclic N) is 1. The number of ether oxygens (including phenoxy) is 1. The number of aliphatic hydroxyl groups is 1. The number of hydrogen-bond acceptors (Lipinski definition) is 7. The lowest BCUT2D eigenvalue weighted by Crippen LogP contribution is -2.36. The lowest BCUT2D eigenvalue weighted by molar-refractivity contribution is 0.0331. The average Bonchev–Trinajstić information content (AvgIpc) is 3.12. The molecule has 0 radical (unpaired) electrons. The van der Waals surface area contributed by atoms with Crippen LogP contribution in [0.2, 0.25) is 0 Å². The summed E-state index contributed by atoms with van der Waals surface area (Å²) in [4.78, 5) is 16.7. The second-order valence-electron chi connectivity index (χ2n) is 6.70. The van der Waals surface area contributed by atoms with Gasteiger partial charge in [0.25, 0.3) is 0 Å². The van der Waals surface area contributed by atoms with Crippen molar-refractivity contribution in [3.05, 3.63) is 16.3 Å². The summed E-state index contributed by atoms with van der Waals surface area (Å²) in [6, 6.07) is 0. The van der Waals surface area contributed by atoms with Gasteiger partial charge in [-0.3, -0.25) is 4.90 Å². The Morgan fingerprint density at radius 1 is 1.21 bits per heavy atom. The lowest BCUT2D eigenvalue weighted by atomic mass is 10.2. The third-order valence-corrected chi connectivity index (χ3v) is 6.09. The van der Waals surface area contributed by atoms with Crippen LogP contribution in [-0.2, 0) is 11.3 Å². The van der Waals surface area contributed by atoms with E-state index in [-0.39, 0.29) is 6.10 Å². The molecule has 4 rings (SSSR count). The number of morpholine rings is 1. The Labute approximate surface area is 146 Å². The molecular weight excluding hydrogens is 324 g/mol. The first-order valence-corrected chi connectivity index (χ1v) is 9.43. The Morgan fingerprint density at radius 3 is 2.71 bits per heavy atom. The van der Waals surface area contributed by atoms with Gasteiger partial charge in [-0.05, 0) is 25.8 Å². The zero-order chi connectivity index (χ0) is 16.7. The second kappa shape index (κ2) is 6.55. The molecular formula is C17H24N4O2S. The van der Waals surface area contributed by atoms with Crippen molar-refractivity contribution in [1.29, 1.82) is 0 Å². The lowest BCUT2D eigenvalue weighted by Gasteiger charge is -2.26. The van der Waals surface area contributed by atoms with Gasteiger partial charge in [-0.1, -0.05) is 0 Å². The van der Waals surface area contributed by atoms with Gasteiger partial charge in [0, 0.05) is 31.1 Å². The maximum atomic E-state index is 9.93. The number of thiophene rings is 1. The number of aliphatic hydroxyl groups excluding tert-OH is 1. The molecule has 6 nitrogen and oxygen atoms in total.